The van der Waals surface area contributed by atoms with Crippen LogP contribution in [0.3, 0.4) is 0 Å². The van der Waals surface area contributed by atoms with Crippen molar-refractivity contribution in [1.29, 1.82) is 0 Å². The molecular weight excluding hydrogens is 416 g/mol. The normalized spacial score (nSPS) is 15.4. The highest BCUT2D eigenvalue weighted by Crippen LogP contribution is 2.34. The molecule has 33 heavy (non-hydrogen) atoms. The third-order valence-corrected chi connectivity index (χ3v) is 5.42. The second-order valence-corrected chi connectivity index (χ2v) is 7.75. The van der Waals surface area contributed by atoms with E-state index in [0.717, 1.165) is 11.1 Å². The average Bonchev–Trinajstić information content (AvgIpc) is 2.83. The van der Waals surface area contributed by atoms with Gasteiger partial charge in [0, 0.05) is 17.7 Å². The van der Waals surface area contributed by atoms with Crippen molar-refractivity contribution >= 4 is 12.0 Å². The number of amides is 2. The monoisotopic (exact) mass is 442 g/mol. The number of ether oxygens (including phenoxy) is 2. The van der Waals surface area contributed by atoms with Gasteiger partial charge in [-0.1, -0.05) is 78.9 Å². The molecule has 1 aliphatic rings. The quantitative estimate of drug-likeness (QED) is 0.497. The minimum Gasteiger partial charge on any atom is -0.489 e. The lowest BCUT2D eigenvalue weighted by Gasteiger charge is -2.29. The number of carbonyl (C=O) groups is 2. The Morgan fingerprint density at radius 3 is 2.24 bits per heavy atom. The molecule has 0 spiro atoms. The van der Waals surface area contributed by atoms with Crippen LogP contribution in [0.1, 0.15) is 29.7 Å². The summed E-state index contributed by atoms with van der Waals surface area (Å²) >= 11 is 0. The smallest absolute Gasteiger partial charge is 0.338 e. The van der Waals surface area contributed by atoms with Gasteiger partial charge in [-0.25, -0.2) is 9.59 Å². The second-order valence-electron chi connectivity index (χ2n) is 7.75. The van der Waals surface area contributed by atoms with Crippen molar-refractivity contribution in [3.8, 4) is 5.75 Å². The Hall–Kier alpha value is -4.06. The first-order chi connectivity index (χ1) is 16.1. The standard InChI is InChI=1S/C27H26N2O4/c1-19-24(26(30)32-17-16-20-10-4-2-5-11-20)25(29-27(31)28-19)22-14-8-9-15-23(22)33-18-21-12-6-3-7-13-21/h2-15,25H,16-18H2,1H3,(H2,28,29,31). The van der Waals surface area contributed by atoms with E-state index < -0.39 is 12.0 Å². The lowest BCUT2D eigenvalue weighted by atomic mass is 9.95. The number of carbonyl (C=O) groups excluding carboxylic acids is 2. The number of nitrogens with one attached hydrogen (secondary N) is 2. The zero-order valence-corrected chi connectivity index (χ0v) is 18.4. The van der Waals surface area contributed by atoms with Crippen molar-refractivity contribution in [2.24, 2.45) is 0 Å². The van der Waals surface area contributed by atoms with Crippen molar-refractivity contribution < 1.29 is 19.1 Å². The van der Waals surface area contributed by atoms with Crippen molar-refractivity contribution in [3.63, 3.8) is 0 Å². The highest BCUT2D eigenvalue weighted by atomic mass is 16.5. The number of esters is 1. The van der Waals surface area contributed by atoms with Gasteiger partial charge in [0.2, 0.25) is 0 Å². The minimum atomic E-state index is -0.685. The molecule has 1 atom stereocenters. The average molecular weight is 443 g/mol. The van der Waals surface area contributed by atoms with Crippen molar-refractivity contribution in [3.05, 3.63) is 113 Å². The SMILES string of the molecule is CC1=C(C(=O)OCCc2ccccc2)C(c2ccccc2OCc2ccccc2)NC(=O)N1. The maximum atomic E-state index is 13.1. The topological polar surface area (TPSA) is 76.7 Å². The molecule has 1 unspecified atom stereocenters. The molecule has 0 saturated heterocycles. The maximum Gasteiger partial charge on any atom is 0.338 e. The molecule has 0 aromatic heterocycles. The molecule has 168 valence electrons. The first-order valence-electron chi connectivity index (χ1n) is 10.9. The molecule has 3 aromatic rings. The summed E-state index contributed by atoms with van der Waals surface area (Å²) in [6, 6.07) is 26.0. The zero-order chi connectivity index (χ0) is 23.0. The predicted molar refractivity (Wildman–Crippen MR) is 125 cm³/mol. The van der Waals surface area contributed by atoms with E-state index in [0.29, 0.717) is 35.6 Å². The van der Waals surface area contributed by atoms with Gasteiger partial charge in [0.1, 0.15) is 12.4 Å². The zero-order valence-electron chi connectivity index (χ0n) is 18.4. The van der Waals surface area contributed by atoms with E-state index in [9.17, 15) is 9.59 Å². The Kier molecular flexibility index (Phi) is 7.05. The first kappa shape index (κ1) is 22.1. The third kappa shape index (κ3) is 5.60. The minimum absolute atomic E-state index is 0.243. The second kappa shape index (κ2) is 10.5. The highest BCUT2D eigenvalue weighted by molar-refractivity contribution is 5.95. The molecular formula is C27H26N2O4. The Morgan fingerprint density at radius 2 is 1.52 bits per heavy atom. The predicted octanol–water partition coefficient (Wildman–Crippen LogP) is 4.68. The molecule has 6 heteroatoms. The Balaban J connectivity index is 1.53. The molecule has 1 aliphatic heterocycles. The largest absolute Gasteiger partial charge is 0.489 e. The maximum absolute atomic E-state index is 13.1. The van der Waals surface area contributed by atoms with Crippen LogP contribution in [-0.2, 0) is 22.6 Å². The van der Waals surface area contributed by atoms with E-state index in [1.54, 1.807) is 6.92 Å². The lowest BCUT2D eigenvalue weighted by molar-refractivity contribution is -0.139. The van der Waals surface area contributed by atoms with Gasteiger partial charge < -0.3 is 20.1 Å². The fraction of sp³-hybridized carbons (Fsp3) is 0.185. The van der Waals surface area contributed by atoms with E-state index in [2.05, 4.69) is 10.6 Å². The molecule has 6 nitrogen and oxygen atoms in total. The Bertz CT molecular complexity index is 1140. The van der Waals surface area contributed by atoms with Gasteiger partial charge in [-0.15, -0.1) is 0 Å². The summed E-state index contributed by atoms with van der Waals surface area (Å²) in [5.74, 6) is 0.120. The summed E-state index contributed by atoms with van der Waals surface area (Å²) in [4.78, 5) is 25.3. The summed E-state index contributed by atoms with van der Waals surface area (Å²) in [5.41, 5.74) is 3.62. The summed E-state index contributed by atoms with van der Waals surface area (Å²) in [5, 5.41) is 5.54. The van der Waals surface area contributed by atoms with Gasteiger partial charge in [-0.2, -0.15) is 0 Å². The molecule has 0 radical (unpaired) electrons. The number of hydrogen-bond donors (Lipinski definition) is 2. The van der Waals surface area contributed by atoms with Gasteiger partial charge in [-0.3, -0.25) is 0 Å². The van der Waals surface area contributed by atoms with Crippen LogP contribution in [-0.4, -0.2) is 18.6 Å². The molecule has 0 fully saturated rings. The van der Waals surface area contributed by atoms with Gasteiger partial charge in [-0.05, 0) is 24.1 Å². The van der Waals surface area contributed by atoms with Crippen LogP contribution >= 0.6 is 0 Å². The van der Waals surface area contributed by atoms with Gasteiger partial charge in [0.25, 0.3) is 0 Å². The van der Waals surface area contributed by atoms with Crippen LogP contribution in [0.4, 0.5) is 4.79 Å². The van der Waals surface area contributed by atoms with E-state index in [1.807, 2.05) is 84.9 Å². The number of allylic oxidation sites excluding steroid dienone is 1. The fourth-order valence-corrected chi connectivity index (χ4v) is 3.77. The molecule has 4 rings (SSSR count). The molecule has 3 aromatic carbocycles. The van der Waals surface area contributed by atoms with Gasteiger partial charge in [0.15, 0.2) is 0 Å². The third-order valence-electron chi connectivity index (χ3n) is 5.42. The summed E-state index contributed by atoms with van der Waals surface area (Å²) in [6.07, 6.45) is 0.611. The fourth-order valence-electron chi connectivity index (χ4n) is 3.77. The van der Waals surface area contributed by atoms with Crippen LogP contribution < -0.4 is 15.4 Å². The molecule has 2 amide bonds. The Morgan fingerprint density at radius 1 is 0.879 bits per heavy atom. The van der Waals surface area contributed by atoms with E-state index >= 15 is 0 Å². The van der Waals surface area contributed by atoms with Crippen molar-refractivity contribution in [2.45, 2.75) is 26.0 Å². The van der Waals surface area contributed by atoms with E-state index in [1.165, 1.54) is 0 Å². The molecule has 0 bridgehead atoms. The van der Waals surface area contributed by atoms with Crippen molar-refractivity contribution in [1.82, 2.24) is 10.6 Å². The van der Waals surface area contributed by atoms with Crippen LogP contribution in [0.2, 0.25) is 0 Å². The van der Waals surface area contributed by atoms with E-state index in [-0.39, 0.29) is 12.6 Å². The van der Waals surface area contributed by atoms with Crippen LogP contribution in [0.5, 0.6) is 5.75 Å². The molecule has 2 N–H and O–H groups in total. The molecule has 0 aliphatic carbocycles. The summed E-state index contributed by atoms with van der Waals surface area (Å²) in [6.45, 7) is 2.32. The van der Waals surface area contributed by atoms with Crippen molar-refractivity contribution in [2.75, 3.05) is 6.61 Å². The number of benzene rings is 3. The van der Waals surface area contributed by atoms with Crippen LogP contribution in [0, 0.1) is 0 Å². The Labute approximate surface area is 193 Å². The number of urea groups is 1. The number of para-hydroxylation sites is 1. The summed E-state index contributed by atoms with van der Waals surface area (Å²) < 4.78 is 11.7. The number of rotatable bonds is 8. The molecule has 1 heterocycles. The molecule has 0 saturated carbocycles. The lowest BCUT2D eigenvalue weighted by Crippen LogP contribution is -2.45. The van der Waals surface area contributed by atoms with Crippen LogP contribution in [0.15, 0.2) is 96.2 Å². The summed E-state index contributed by atoms with van der Waals surface area (Å²) in [7, 11) is 0. The first-order valence-corrected chi connectivity index (χ1v) is 10.9. The number of hydrogen-bond acceptors (Lipinski definition) is 4. The van der Waals surface area contributed by atoms with Gasteiger partial charge >= 0.3 is 12.0 Å². The van der Waals surface area contributed by atoms with Crippen LogP contribution in [0.25, 0.3) is 0 Å². The van der Waals surface area contributed by atoms with E-state index in [4.69, 9.17) is 9.47 Å². The van der Waals surface area contributed by atoms with Gasteiger partial charge in [0.05, 0.1) is 18.2 Å². The highest BCUT2D eigenvalue weighted by Gasteiger charge is 2.33.